The minimum absolute atomic E-state index is 0.0460. The molecule has 2 atom stereocenters. The standard InChI is InChI=1S/C15H15ClFNO3S2/c16-11-6-10(7-12(17)8-11)15(19)18-3-5-23(20,21)14(9-18)13-2-1-4-22-13/h1-2,4,6-8,14-15,19H,3,5,9H2/t14-,15?/m1/s1. The summed E-state index contributed by atoms with van der Waals surface area (Å²) in [4.78, 5) is 2.38. The Balaban J connectivity index is 1.86. The lowest BCUT2D eigenvalue weighted by molar-refractivity contribution is 0.00266. The highest BCUT2D eigenvalue weighted by Crippen LogP contribution is 2.34. The molecule has 1 aliphatic rings. The number of nitrogens with zero attached hydrogens (tertiary/aromatic N) is 1. The predicted molar refractivity (Wildman–Crippen MR) is 88.8 cm³/mol. The summed E-state index contributed by atoms with van der Waals surface area (Å²) in [6.45, 7) is 0.359. The second kappa shape index (κ2) is 6.49. The molecule has 124 valence electrons. The van der Waals surface area contributed by atoms with Crippen molar-refractivity contribution in [1.29, 1.82) is 0 Å². The van der Waals surface area contributed by atoms with E-state index in [1.54, 1.807) is 17.0 Å². The Labute approximate surface area is 143 Å². The zero-order valence-electron chi connectivity index (χ0n) is 12.0. The minimum atomic E-state index is -3.25. The van der Waals surface area contributed by atoms with E-state index in [1.165, 1.54) is 23.5 Å². The summed E-state index contributed by atoms with van der Waals surface area (Å²) in [5.74, 6) is -0.582. The molecule has 0 saturated carbocycles. The highest BCUT2D eigenvalue weighted by Gasteiger charge is 2.37. The molecule has 0 amide bonds. The number of hydrogen-bond acceptors (Lipinski definition) is 5. The highest BCUT2D eigenvalue weighted by atomic mass is 35.5. The van der Waals surface area contributed by atoms with Gasteiger partial charge in [-0.3, -0.25) is 4.90 Å². The molecule has 0 bridgehead atoms. The molecule has 23 heavy (non-hydrogen) atoms. The molecule has 1 aromatic carbocycles. The highest BCUT2D eigenvalue weighted by molar-refractivity contribution is 7.91. The molecule has 2 heterocycles. The number of sulfone groups is 1. The molecule has 0 spiro atoms. The lowest BCUT2D eigenvalue weighted by Crippen LogP contribution is -2.44. The van der Waals surface area contributed by atoms with Gasteiger partial charge < -0.3 is 5.11 Å². The second-order valence-corrected chi connectivity index (χ2v) is 9.16. The van der Waals surface area contributed by atoms with E-state index in [0.29, 0.717) is 5.56 Å². The molecule has 1 saturated heterocycles. The van der Waals surface area contributed by atoms with E-state index in [9.17, 15) is 17.9 Å². The lowest BCUT2D eigenvalue weighted by Gasteiger charge is -2.35. The number of rotatable bonds is 3. The topological polar surface area (TPSA) is 57.6 Å². The largest absolute Gasteiger partial charge is 0.374 e. The van der Waals surface area contributed by atoms with Gasteiger partial charge in [-0.2, -0.15) is 0 Å². The first-order valence-corrected chi connectivity index (χ1v) is 9.97. The Morgan fingerprint density at radius 3 is 2.83 bits per heavy atom. The van der Waals surface area contributed by atoms with Gasteiger partial charge in [0.25, 0.3) is 0 Å². The van der Waals surface area contributed by atoms with Gasteiger partial charge in [-0.15, -0.1) is 11.3 Å². The summed E-state index contributed by atoms with van der Waals surface area (Å²) < 4.78 is 38.1. The van der Waals surface area contributed by atoms with Gasteiger partial charge in [0.1, 0.15) is 17.3 Å². The molecule has 2 aromatic rings. The molecule has 1 N–H and O–H groups in total. The number of aliphatic hydroxyl groups excluding tert-OH is 1. The molecule has 0 aliphatic carbocycles. The second-order valence-electron chi connectivity index (χ2n) is 5.44. The van der Waals surface area contributed by atoms with Gasteiger partial charge in [0, 0.05) is 23.0 Å². The quantitative estimate of drug-likeness (QED) is 0.896. The summed E-state index contributed by atoms with van der Waals surface area (Å²) in [5.41, 5.74) is 0.319. The summed E-state index contributed by atoms with van der Waals surface area (Å²) >= 11 is 7.20. The van der Waals surface area contributed by atoms with Crippen LogP contribution in [0.15, 0.2) is 35.7 Å². The maximum Gasteiger partial charge on any atom is 0.160 e. The van der Waals surface area contributed by atoms with Crippen LogP contribution < -0.4 is 0 Å². The van der Waals surface area contributed by atoms with Crippen molar-refractivity contribution in [2.45, 2.75) is 11.5 Å². The van der Waals surface area contributed by atoms with E-state index < -0.39 is 27.1 Å². The molecule has 8 heteroatoms. The van der Waals surface area contributed by atoms with Crippen LogP contribution in [0.4, 0.5) is 4.39 Å². The van der Waals surface area contributed by atoms with Gasteiger partial charge in [0.2, 0.25) is 0 Å². The number of thiophene rings is 1. The van der Waals surface area contributed by atoms with Crippen LogP contribution in [0.3, 0.4) is 0 Å². The number of halogens is 2. The zero-order valence-corrected chi connectivity index (χ0v) is 14.4. The average Bonchev–Trinajstić information content (AvgIpc) is 2.99. The summed E-state index contributed by atoms with van der Waals surface area (Å²) in [5, 5.41) is 11.8. The predicted octanol–water partition coefficient (Wildman–Crippen LogP) is 3.00. The summed E-state index contributed by atoms with van der Waals surface area (Å²) in [6.07, 6.45) is -1.10. The molecule has 4 nitrogen and oxygen atoms in total. The Hall–Kier alpha value is -0.990. The van der Waals surface area contributed by atoms with Crippen LogP contribution in [0.1, 0.15) is 21.9 Å². The molecule has 1 aliphatic heterocycles. The van der Waals surface area contributed by atoms with Gasteiger partial charge in [-0.05, 0) is 35.2 Å². The number of hydrogen-bond donors (Lipinski definition) is 1. The molecular formula is C15H15ClFNO3S2. The summed E-state index contributed by atoms with van der Waals surface area (Å²) in [7, 11) is -3.25. The van der Waals surface area contributed by atoms with Gasteiger partial charge in [0.15, 0.2) is 9.84 Å². The van der Waals surface area contributed by atoms with E-state index in [-0.39, 0.29) is 23.9 Å². The Bertz CT molecular complexity index is 775. The number of aliphatic hydroxyl groups is 1. The molecule has 1 aromatic heterocycles. The van der Waals surface area contributed by atoms with Crippen LogP contribution in [0.5, 0.6) is 0 Å². The first-order valence-electron chi connectivity index (χ1n) is 7.00. The maximum atomic E-state index is 13.5. The van der Waals surface area contributed by atoms with Gasteiger partial charge in [-0.25, -0.2) is 12.8 Å². The first kappa shape index (κ1) is 16.9. The van der Waals surface area contributed by atoms with Crippen molar-refractivity contribution in [2.75, 3.05) is 18.8 Å². The Morgan fingerprint density at radius 2 is 2.17 bits per heavy atom. The molecular weight excluding hydrogens is 361 g/mol. The average molecular weight is 376 g/mol. The van der Waals surface area contributed by atoms with Gasteiger partial charge in [-0.1, -0.05) is 17.7 Å². The van der Waals surface area contributed by atoms with Crippen molar-refractivity contribution < 1.29 is 17.9 Å². The van der Waals surface area contributed by atoms with Crippen molar-refractivity contribution in [3.8, 4) is 0 Å². The third-order valence-corrected chi connectivity index (χ3v) is 7.26. The SMILES string of the molecule is O=S1(=O)CCN(C(O)c2cc(F)cc(Cl)c2)C[C@@H]1c1cccs1. The fourth-order valence-corrected chi connectivity index (χ4v) is 5.86. The monoisotopic (exact) mass is 375 g/mol. The first-order chi connectivity index (χ1) is 10.9. The van der Waals surface area contributed by atoms with Gasteiger partial charge in [0.05, 0.1) is 5.75 Å². The van der Waals surface area contributed by atoms with Crippen molar-refractivity contribution in [2.24, 2.45) is 0 Å². The molecule has 1 unspecified atom stereocenters. The van der Waals surface area contributed by atoms with E-state index in [2.05, 4.69) is 0 Å². The Morgan fingerprint density at radius 1 is 1.39 bits per heavy atom. The van der Waals surface area contributed by atoms with E-state index in [0.717, 1.165) is 10.9 Å². The van der Waals surface area contributed by atoms with Crippen LogP contribution in [0, 0.1) is 5.82 Å². The van der Waals surface area contributed by atoms with Crippen molar-refractivity contribution >= 4 is 32.8 Å². The fourth-order valence-electron chi connectivity index (χ4n) is 2.70. The van der Waals surface area contributed by atoms with Crippen LogP contribution in [0.2, 0.25) is 5.02 Å². The maximum absolute atomic E-state index is 13.5. The normalized spacial score (nSPS) is 22.8. The lowest BCUT2D eigenvalue weighted by atomic mass is 10.1. The van der Waals surface area contributed by atoms with Crippen LogP contribution >= 0.6 is 22.9 Å². The third kappa shape index (κ3) is 3.59. The van der Waals surface area contributed by atoms with Crippen LogP contribution in [0.25, 0.3) is 0 Å². The molecule has 3 rings (SSSR count). The third-order valence-electron chi connectivity index (χ3n) is 3.89. The van der Waals surface area contributed by atoms with E-state index in [4.69, 9.17) is 11.6 Å². The van der Waals surface area contributed by atoms with Crippen molar-refractivity contribution in [3.63, 3.8) is 0 Å². The number of benzene rings is 1. The molecule has 1 fully saturated rings. The van der Waals surface area contributed by atoms with E-state index >= 15 is 0 Å². The van der Waals surface area contributed by atoms with E-state index in [1.807, 2.05) is 5.38 Å². The minimum Gasteiger partial charge on any atom is -0.374 e. The summed E-state index contributed by atoms with van der Waals surface area (Å²) in [6, 6.07) is 7.43. The van der Waals surface area contributed by atoms with Crippen LogP contribution in [-0.4, -0.2) is 37.3 Å². The van der Waals surface area contributed by atoms with Crippen LogP contribution in [-0.2, 0) is 9.84 Å². The Kier molecular flexibility index (Phi) is 4.75. The zero-order chi connectivity index (χ0) is 16.6. The fraction of sp³-hybridized carbons (Fsp3) is 0.333. The van der Waals surface area contributed by atoms with Crippen molar-refractivity contribution in [3.05, 3.63) is 57.0 Å². The van der Waals surface area contributed by atoms with Gasteiger partial charge >= 0.3 is 0 Å². The van der Waals surface area contributed by atoms with Crippen molar-refractivity contribution in [1.82, 2.24) is 4.90 Å². The smallest absolute Gasteiger partial charge is 0.160 e. The molecule has 0 radical (unpaired) electrons.